The van der Waals surface area contributed by atoms with Gasteiger partial charge in [-0.05, 0) is 39.7 Å². The van der Waals surface area contributed by atoms with Crippen molar-refractivity contribution in [2.45, 2.75) is 20.4 Å². The van der Waals surface area contributed by atoms with E-state index in [4.69, 9.17) is 4.42 Å². The van der Waals surface area contributed by atoms with Gasteiger partial charge >= 0.3 is 0 Å². The van der Waals surface area contributed by atoms with Crippen molar-refractivity contribution in [3.63, 3.8) is 0 Å². The number of hydrogen-bond donors (Lipinski definition) is 1. The standard InChI is InChI=1S/C14H25N3O2/c1-5-15-10-14(18)17(9-8-16(3)4)11-13-7-6-12(2)19-13/h6-7,15H,5,8-11H2,1-4H3. The van der Waals surface area contributed by atoms with Crippen LogP contribution in [0.3, 0.4) is 0 Å². The smallest absolute Gasteiger partial charge is 0.236 e. The lowest BCUT2D eigenvalue weighted by atomic mass is 10.3. The van der Waals surface area contributed by atoms with E-state index < -0.39 is 0 Å². The van der Waals surface area contributed by atoms with Gasteiger partial charge in [-0.1, -0.05) is 6.92 Å². The minimum absolute atomic E-state index is 0.109. The van der Waals surface area contributed by atoms with E-state index in [1.165, 1.54) is 0 Å². The summed E-state index contributed by atoms with van der Waals surface area (Å²) in [7, 11) is 4.01. The molecule has 1 aromatic heterocycles. The van der Waals surface area contributed by atoms with E-state index in [9.17, 15) is 4.79 Å². The molecule has 0 aromatic carbocycles. The molecule has 0 unspecified atom stereocenters. The molecule has 1 aromatic rings. The number of nitrogens with zero attached hydrogens (tertiary/aromatic N) is 2. The molecule has 1 heterocycles. The van der Waals surface area contributed by atoms with Crippen molar-refractivity contribution in [3.8, 4) is 0 Å². The second-order valence-electron chi connectivity index (χ2n) is 4.91. The first-order valence-electron chi connectivity index (χ1n) is 6.71. The van der Waals surface area contributed by atoms with Gasteiger partial charge in [0.05, 0.1) is 13.1 Å². The van der Waals surface area contributed by atoms with Gasteiger partial charge < -0.3 is 19.5 Å². The molecule has 0 radical (unpaired) electrons. The van der Waals surface area contributed by atoms with Gasteiger partial charge in [-0.3, -0.25) is 4.79 Å². The zero-order chi connectivity index (χ0) is 14.3. The number of rotatable bonds is 8. The second kappa shape index (κ2) is 7.96. The molecule has 0 aliphatic rings. The molecule has 1 amide bonds. The first-order chi connectivity index (χ1) is 9.02. The first kappa shape index (κ1) is 15.7. The monoisotopic (exact) mass is 267 g/mol. The lowest BCUT2D eigenvalue weighted by molar-refractivity contribution is -0.131. The zero-order valence-electron chi connectivity index (χ0n) is 12.4. The highest BCUT2D eigenvalue weighted by atomic mass is 16.3. The number of carbonyl (C=O) groups is 1. The van der Waals surface area contributed by atoms with Crippen LogP contribution in [0.25, 0.3) is 0 Å². The molecule has 108 valence electrons. The third-order valence-corrected chi connectivity index (χ3v) is 2.84. The number of aryl methyl sites for hydroxylation is 1. The maximum atomic E-state index is 12.1. The van der Waals surface area contributed by atoms with Crippen LogP contribution in [0, 0.1) is 6.92 Å². The maximum Gasteiger partial charge on any atom is 0.236 e. The molecular formula is C14H25N3O2. The normalized spacial score (nSPS) is 11.0. The van der Waals surface area contributed by atoms with Crippen molar-refractivity contribution in [3.05, 3.63) is 23.7 Å². The molecule has 5 nitrogen and oxygen atoms in total. The zero-order valence-corrected chi connectivity index (χ0v) is 12.4. The lowest BCUT2D eigenvalue weighted by Gasteiger charge is -2.23. The van der Waals surface area contributed by atoms with Gasteiger partial charge in [0.25, 0.3) is 0 Å². The van der Waals surface area contributed by atoms with Crippen LogP contribution in [0.5, 0.6) is 0 Å². The quantitative estimate of drug-likeness (QED) is 0.766. The predicted octanol–water partition coefficient (Wildman–Crippen LogP) is 1.09. The van der Waals surface area contributed by atoms with Crippen LogP contribution in [0.1, 0.15) is 18.4 Å². The van der Waals surface area contributed by atoms with Crippen molar-refractivity contribution in [2.75, 3.05) is 40.3 Å². The Morgan fingerprint density at radius 2 is 2.05 bits per heavy atom. The topological polar surface area (TPSA) is 48.7 Å². The molecule has 1 rings (SSSR count). The Morgan fingerprint density at radius 1 is 1.32 bits per heavy atom. The molecule has 1 N–H and O–H groups in total. The van der Waals surface area contributed by atoms with Gasteiger partial charge in [-0.25, -0.2) is 0 Å². The predicted molar refractivity (Wildman–Crippen MR) is 76.0 cm³/mol. The van der Waals surface area contributed by atoms with Crippen LogP contribution in [-0.4, -0.2) is 56.0 Å². The number of amides is 1. The van der Waals surface area contributed by atoms with Gasteiger partial charge in [0.2, 0.25) is 5.91 Å². The molecular weight excluding hydrogens is 242 g/mol. The van der Waals surface area contributed by atoms with Crippen LogP contribution in [-0.2, 0) is 11.3 Å². The van der Waals surface area contributed by atoms with Crippen molar-refractivity contribution >= 4 is 5.91 Å². The molecule has 0 saturated heterocycles. The average Bonchev–Trinajstić information content (AvgIpc) is 2.76. The summed E-state index contributed by atoms with van der Waals surface area (Å²) >= 11 is 0. The van der Waals surface area contributed by atoms with Crippen LogP contribution >= 0.6 is 0 Å². The Kier molecular flexibility index (Phi) is 6.59. The van der Waals surface area contributed by atoms with E-state index in [1.54, 1.807) is 0 Å². The van der Waals surface area contributed by atoms with Crippen LogP contribution < -0.4 is 5.32 Å². The molecule has 0 spiro atoms. The summed E-state index contributed by atoms with van der Waals surface area (Å²) in [4.78, 5) is 16.0. The van der Waals surface area contributed by atoms with E-state index in [-0.39, 0.29) is 5.91 Å². The van der Waals surface area contributed by atoms with Crippen molar-refractivity contribution in [2.24, 2.45) is 0 Å². The van der Waals surface area contributed by atoms with Crippen LogP contribution in [0.4, 0.5) is 0 Å². The van der Waals surface area contributed by atoms with E-state index >= 15 is 0 Å². The molecule has 0 aliphatic heterocycles. The van der Waals surface area contributed by atoms with E-state index in [1.807, 2.05) is 45.0 Å². The lowest BCUT2D eigenvalue weighted by Crippen LogP contribution is -2.41. The van der Waals surface area contributed by atoms with Crippen molar-refractivity contribution in [1.29, 1.82) is 0 Å². The summed E-state index contributed by atoms with van der Waals surface area (Å²) in [6.45, 7) is 7.17. The molecule has 0 saturated carbocycles. The average molecular weight is 267 g/mol. The van der Waals surface area contributed by atoms with E-state index in [0.29, 0.717) is 19.6 Å². The molecule has 5 heteroatoms. The number of nitrogens with one attached hydrogen (secondary N) is 1. The summed E-state index contributed by atoms with van der Waals surface area (Å²) in [5.74, 6) is 1.82. The van der Waals surface area contributed by atoms with Gasteiger partial charge in [-0.15, -0.1) is 0 Å². The van der Waals surface area contributed by atoms with Crippen molar-refractivity contribution < 1.29 is 9.21 Å². The van der Waals surface area contributed by atoms with Gasteiger partial charge in [0.15, 0.2) is 0 Å². The number of carbonyl (C=O) groups excluding carboxylic acids is 1. The Morgan fingerprint density at radius 3 is 2.58 bits per heavy atom. The fourth-order valence-electron chi connectivity index (χ4n) is 1.71. The Bertz CT molecular complexity index is 388. The maximum absolute atomic E-state index is 12.1. The summed E-state index contributed by atoms with van der Waals surface area (Å²) in [6, 6.07) is 3.85. The third-order valence-electron chi connectivity index (χ3n) is 2.84. The molecule has 0 aliphatic carbocycles. The molecule has 0 atom stereocenters. The van der Waals surface area contributed by atoms with Crippen LogP contribution in [0.2, 0.25) is 0 Å². The Labute approximate surface area is 115 Å². The van der Waals surface area contributed by atoms with E-state index in [0.717, 1.165) is 24.6 Å². The highest BCUT2D eigenvalue weighted by Crippen LogP contribution is 2.09. The second-order valence-corrected chi connectivity index (χ2v) is 4.91. The summed E-state index contributed by atoms with van der Waals surface area (Å²) in [5.41, 5.74) is 0. The van der Waals surface area contributed by atoms with Crippen LogP contribution in [0.15, 0.2) is 16.5 Å². The first-order valence-corrected chi connectivity index (χ1v) is 6.71. The van der Waals surface area contributed by atoms with Gasteiger partial charge in [0, 0.05) is 13.1 Å². The summed E-state index contributed by atoms with van der Waals surface area (Å²) in [5, 5.41) is 3.07. The number of likely N-dealkylation sites (N-methyl/N-ethyl adjacent to an activating group) is 2. The highest BCUT2D eigenvalue weighted by molar-refractivity contribution is 5.78. The van der Waals surface area contributed by atoms with Crippen molar-refractivity contribution in [1.82, 2.24) is 15.1 Å². The van der Waals surface area contributed by atoms with E-state index in [2.05, 4.69) is 10.2 Å². The SMILES string of the molecule is CCNCC(=O)N(CCN(C)C)Cc1ccc(C)o1. The fourth-order valence-corrected chi connectivity index (χ4v) is 1.71. The Hall–Kier alpha value is -1.33. The summed E-state index contributed by atoms with van der Waals surface area (Å²) in [6.07, 6.45) is 0. The number of furan rings is 1. The molecule has 19 heavy (non-hydrogen) atoms. The minimum atomic E-state index is 0.109. The van der Waals surface area contributed by atoms with Gasteiger partial charge in [0.1, 0.15) is 11.5 Å². The molecule has 0 bridgehead atoms. The van der Waals surface area contributed by atoms with Gasteiger partial charge in [-0.2, -0.15) is 0 Å². The fraction of sp³-hybridized carbons (Fsp3) is 0.643. The largest absolute Gasteiger partial charge is 0.464 e. The highest BCUT2D eigenvalue weighted by Gasteiger charge is 2.15. The number of hydrogen-bond acceptors (Lipinski definition) is 4. The minimum Gasteiger partial charge on any atom is -0.464 e. The third kappa shape index (κ3) is 5.89. The summed E-state index contributed by atoms with van der Waals surface area (Å²) < 4.78 is 5.55. The Balaban J connectivity index is 2.59. The molecule has 0 fully saturated rings.